The lowest BCUT2D eigenvalue weighted by molar-refractivity contribution is 0.281. The maximum atomic E-state index is 6.30. The summed E-state index contributed by atoms with van der Waals surface area (Å²) in [5.74, 6) is 1.20. The summed E-state index contributed by atoms with van der Waals surface area (Å²) in [6.45, 7) is 3.20. The topological polar surface area (TPSA) is 43.4 Å². The number of aromatic nitrogens is 1. The van der Waals surface area contributed by atoms with E-state index in [1.807, 2.05) is 24.6 Å². The zero-order valence-electron chi connectivity index (χ0n) is 12.4. The summed E-state index contributed by atoms with van der Waals surface area (Å²) >= 11 is 7.94. The van der Waals surface area contributed by atoms with Crippen molar-refractivity contribution >= 4 is 22.9 Å². The van der Waals surface area contributed by atoms with Crippen molar-refractivity contribution in [2.75, 3.05) is 14.2 Å². The van der Waals surface area contributed by atoms with Crippen molar-refractivity contribution in [2.45, 2.75) is 26.5 Å². The molecule has 21 heavy (non-hydrogen) atoms. The Morgan fingerprint density at radius 3 is 2.81 bits per heavy atom. The summed E-state index contributed by atoms with van der Waals surface area (Å²) in [4.78, 5) is 4.48. The molecule has 6 heteroatoms. The van der Waals surface area contributed by atoms with Crippen molar-refractivity contribution in [3.63, 3.8) is 0 Å². The molecule has 0 aliphatic carbocycles. The van der Waals surface area contributed by atoms with Gasteiger partial charge in [-0.15, -0.1) is 11.3 Å². The van der Waals surface area contributed by atoms with Crippen molar-refractivity contribution in [1.82, 2.24) is 10.3 Å². The molecule has 114 valence electrons. The Morgan fingerprint density at radius 2 is 2.19 bits per heavy atom. The molecule has 1 N–H and O–H groups in total. The second-order valence-corrected chi connectivity index (χ2v) is 5.86. The van der Waals surface area contributed by atoms with Crippen LogP contribution in [-0.2, 0) is 19.6 Å². The van der Waals surface area contributed by atoms with Crippen LogP contribution in [-0.4, -0.2) is 19.1 Å². The summed E-state index contributed by atoms with van der Waals surface area (Å²) in [6.07, 6.45) is 0.938. The number of benzene rings is 1. The molecule has 0 bridgehead atoms. The van der Waals surface area contributed by atoms with Crippen LogP contribution in [0.1, 0.15) is 23.2 Å². The number of nitrogens with zero attached hydrogens (tertiary/aromatic N) is 1. The van der Waals surface area contributed by atoms with Gasteiger partial charge in [-0.3, -0.25) is 0 Å². The lowest BCUT2D eigenvalue weighted by Gasteiger charge is -2.13. The van der Waals surface area contributed by atoms with E-state index in [0.29, 0.717) is 23.1 Å². The van der Waals surface area contributed by atoms with Crippen molar-refractivity contribution in [3.05, 3.63) is 38.8 Å². The van der Waals surface area contributed by atoms with E-state index in [2.05, 4.69) is 17.2 Å². The fourth-order valence-electron chi connectivity index (χ4n) is 1.94. The lowest BCUT2D eigenvalue weighted by Crippen LogP contribution is -2.06. The summed E-state index contributed by atoms with van der Waals surface area (Å²) < 4.78 is 11.2. The van der Waals surface area contributed by atoms with Crippen LogP contribution in [0.3, 0.4) is 0 Å². The fraction of sp³-hybridized carbons (Fsp3) is 0.400. The molecule has 2 rings (SSSR count). The minimum atomic E-state index is 0.387. The summed E-state index contributed by atoms with van der Waals surface area (Å²) in [5.41, 5.74) is 1.96. The highest BCUT2D eigenvalue weighted by Gasteiger charge is 2.13. The van der Waals surface area contributed by atoms with Gasteiger partial charge in [0.1, 0.15) is 6.61 Å². The molecule has 0 atom stereocenters. The van der Waals surface area contributed by atoms with Gasteiger partial charge in [-0.05, 0) is 31.2 Å². The summed E-state index contributed by atoms with van der Waals surface area (Å²) in [6, 6.07) is 3.81. The third-order valence-electron chi connectivity index (χ3n) is 2.94. The van der Waals surface area contributed by atoms with Crippen LogP contribution in [0.4, 0.5) is 0 Å². The maximum Gasteiger partial charge on any atom is 0.180 e. The minimum absolute atomic E-state index is 0.387. The average Bonchev–Trinajstić information content (AvgIpc) is 2.94. The molecule has 0 saturated heterocycles. The van der Waals surface area contributed by atoms with E-state index in [-0.39, 0.29) is 0 Å². The number of hydrogen-bond donors (Lipinski definition) is 1. The van der Waals surface area contributed by atoms with Crippen molar-refractivity contribution in [1.29, 1.82) is 0 Å². The first kappa shape index (κ1) is 16.1. The summed E-state index contributed by atoms with van der Waals surface area (Å²) in [5, 5.41) is 6.75. The van der Waals surface area contributed by atoms with Crippen molar-refractivity contribution < 1.29 is 9.47 Å². The number of aryl methyl sites for hydroxylation is 1. The molecule has 2 aromatic rings. The van der Waals surface area contributed by atoms with Crippen LogP contribution >= 0.6 is 22.9 Å². The molecule has 0 saturated carbocycles. The number of nitrogens with one attached hydrogen (secondary N) is 1. The molecule has 0 fully saturated rings. The second-order valence-electron chi connectivity index (χ2n) is 4.51. The van der Waals surface area contributed by atoms with E-state index in [1.165, 1.54) is 0 Å². The molecule has 1 aromatic heterocycles. The predicted octanol–water partition coefficient (Wildman–Crippen LogP) is 3.67. The molecular weight excluding hydrogens is 308 g/mol. The predicted molar refractivity (Wildman–Crippen MR) is 86.6 cm³/mol. The number of hydrogen-bond acceptors (Lipinski definition) is 5. The monoisotopic (exact) mass is 326 g/mol. The summed E-state index contributed by atoms with van der Waals surface area (Å²) in [7, 11) is 3.50. The highest BCUT2D eigenvalue weighted by Crippen LogP contribution is 2.37. The van der Waals surface area contributed by atoms with Gasteiger partial charge in [0.2, 0.25) is 0 Å². The van der Waals surface area contributed by atoms with Gasteiger partial charge in [-0.1, -0.05) is 18.5 Å². The molecular formula is C15H19ClN2O2S. The number of halogens is 1. The molecule has 1 aromatic carbocycles. The standard InChI is InChI=1S/C15H19ClN2O2S/c1-4-14-18-11(9-21-14)8-20-15-12(16)5-10(7-17-2)6-13(15)19-3/h5-6,9,17H,4,7-8H2,1-3H3. The van der Waals surface area contributed by atoms with Gasteiger partial charge in [0.15, 0.2) is 11.5 Å². The Bertz CT molecular complexity index is 601. The van der Waals surface area contributed by atoms with Crippen LogP contribution in [0.15, 0.2) is 17.5 Å². The van der Waals surface area contributed by atoms with Gasteiger partial charge < -0.3 is 14.8 Å². The molecule has 0 unspecified atom stereocenters. The normalized spacial score (nSPS) is 10.7. The third-order valence-corrected chi connectivity index (χ3v) is 4.26. The zero-order chi connectivity index (χ0) is 15.2. The highest BCUT2D eigenvalue weighted by molar-refractivity contribution is 7.09. The molecule has 1 heterocycles. The number of thiazole rings is 1. The first-order valence-electron chi connectivity index (χ1n) is 6.75. The van der Waals surface area contributed by atoms with Crippen LogP contribution in [0.2, 0.25) is 5.02 Å². The largest absolute Gasteiger partial charge is 0.493 e. The molecule has 0 aliphatic heterocycles. The Kier molecular flexibility index (Phi) is 5.85. The first-order chi connectivity index (χ1) is 10.2. The first-order valence-corrected chi connectivity index (χ1v) is 8.00. The van der Waals surface area contributed by atoms with Crippen LogP contribution in [0, 0.1) is 0 Å². The highest BCUT2D eigenvalue weighted by atomic mass is 35.5. The van der Waals surface area contributed by atoms with Gasteiger partial charge in [-0.25, -0.2) is 4.98 Å². The van der Waals surface area contributed by atoms with E-state index >= 15 is 0 Å². The molecule has 0 aliphatic rings. The van der Waals surface area contributed by atoms with Crippen LogP contribution in [0.5, 0.6) is 11.5 Å². The quantitative estimate of drug-likeness (QED) is 0.843. The van der Waals surface area contributed by atoms with E-state index in [1.54, 1.807) is 18.4 Å². The van der Waals surface area contributed by atoms with Gasteiger partial charge in [0.25, 0.3) is 0 Å². The van der Waals surface area contributed by atoms with E-state index in [0.717, 1.165) is 29.2 Å². The Hall–Kier alpha value is -1.30. The Labute approximate surface area is 134 Å². The molecule has 0 spiro atoms. The maximum absolute atomic E-state index is 6.30. The smallest absolute Gasteiger partial charge is 0.180 e. The van der Waals surface area contributed by atoms with Crippen LogP contribution < -0.4 is 14.8 Å². The number of ether oxygens (including phenoxy) is 2. The van der Waals surface area contributed by atoms with Gasteiger partial charge in [0.05, 0.1) is 22.8 Å². The average molecular weight is 327 g/mol. The van der Waals surface area contributed by atoms with E-state index in [9.17, 15) is 0 Å². The SMILES string of the molecule is CCc1nc(COc2c(Cl)cc(CNC)cc2OC)cs1. The van der Waals surface area contributed by atoms with E-state index in [4.69, 9.17) is 21.1 Å². The van der Waals surface area contributed by atoms with Gasteiger partial charge in [-0.2, -0.15) is 0 Å². The van der Waals surface area contributed by atoms with Gasteiger partial charge in [0, 0.05) is 11.9 Å². The number of methoxy groups -OCH3 is 1. The minimum Gasteiger partial charge on any atom is -0.493 e. The van der Waals surface area contributed by atoms with Gasteiger partial charge >= 0.3 is 0 Å². The second kappa shape index (κ2) is 7.64. The van der Waals surface area contributed by atoms with Crippen LogP contribution in [0.25, 0.3) is 0 Å². The molecule has 0 amide bonds. The zero-order valence-corrected chi connectivity index (χ0v) is 14.0. The van der Waals surface area contributed by atoms with E-state index < -0.39 is 0 Å². The number of rotatable bonds is 7. The molecule has 0 radical (unpaired) electrons. The van der Waals surface area contributed by atoms with Crippen molar-refractivity contribution in [3.8, 4) is 11.5 Å². The molecule has 4 nitrogen and oxygen atoms in total. The fourth-order valence-corrected chi connectivity index (χ4v) is 2.96. The van der Waals surface area contributed by atoms with Crippen molar-refractivity contribution in [2.24, 2.45) is 0 Å². The third kappa shape index (κ3) is 4.09. The Morgan fingerprint density at radius 1 is 1.38 bits per heavy atom. The lowest BCUT2D eigenvalue weighted by atomic mass is 10.2. The Balaban J connectivity index is 2.14.